The van der Waals surface area contributed by atoms with Crippen molar-refractivity contribution < 1.29 is 9.53 Å². The molecule has 0 unspecified atom stereocenters. The van der Waals surface area contributed by atoms with Crippen molar-refractivity contribution >= 4 is 41.8 Å². The summed E-state index contributed by atoms with van der Waals surface area (Å²) >= 11 is 0. The first-order valence-corrected chi connectivity index (χ1v) is 10.4. The molecule has 2 N–H and O–H groups in total. The molecule has 1 aromatic rings. The number of hydrogen-bond donors (Lipinski definition) is 2. The van der Waals surface area contributed by atoms with E-state index in [1.165, 1.54) is 0 Å². The zero-order valence-electron chi connectivity index (χ0n) is 18.3. The lowest BCUT2D eigenvalue weighted by Crippen LogP contribution is -2.50. The van der Waals surface area contributed by atoms with Crippen LogP contribution in [0.4, 0.5) is 5.95 Å². The van der Waals surface area contributed by atoms with Crippen LogP contribution in [-0.2, 0) is 9.53 Å². The predicted octanol–water partition coefficient (Wildman–Crippen LogP) is 1.36. The number of amides is 1. The van der Waals surface area contributed by atoms with Gasteiger partial charge in [-0.05, 0) is 18.4 Å². The Kier molecular flexibility index (Phi) is 13.3. The van der Waals surface area contributed by atoms with Crippen LogP contribution in [0, 0.1) is 5.92 Å². The SMILES string of the molecule is CN=C(NCCCOCC(C)C)NCCC(=O)N1CCN(c2ncccn2)CC1.I. The Morgan fingerprint density at radius 2 is 1.83 bits per heavy atom. The molecule has 1 aliphatic heterocycles. The highest BCUT2D eigenvalue weighted by Gasteiger charge is 2.22. The molecule has 2 heterocycles. The van der Waals surface area contributed by atoms with Gasteiger partial charge in [-0.2, -0.15) is 0 Å². The van der Waals surface area contributed by atoms with Crippen LogP contribution in [0.3, 0.4) is 0 Å². The Balaban J connectivity index is 0.00000450. The van der Waals surface area contributed by atoms with Gasteiger partial charge in [-0.25, -0.2) is 9.97 Å². The van der Waals surface area contributed by atoms with Crippen molar-refractivity contribution in [2.45, 2.75) is 26.7 Å². The number of nitrogens with zero attached hydrogens (tertiary/aromatic N) is 5. The average Bonchev–Trinajstić information content (AvgIpc) is 2.75. The van der Waals surface area contributed by atoms with Gasteiger partial charge in [-0.1, -0.05) is 13.8 Å². The highest BCUT2D eigenvalue weighted by molar-refractivity contribution is 14.0. The number of aliphatic imine (C=N–C) groups is 1. The van der Waals surface area contributed by atoms with Gasteiger partial charge >= 0.3 is 0 Å². The van der Waals surface area contributed by atoms with E-state index < -0.39 is 0 Å². The molecule has 170 valence electrons. The first-order chi connectivity index (χ1) is 14.1. The summed E-state index contributed by atoms with van der Waals surface area (Å²) in [6.07, 6.45) is 4.85. The summed E-state index contributed by atoms with van der Waals surface area (Å²) in [6.45, 7) is 10.1. The van der Waals surface area contributed by atoms with E-state index in [2.05, 4.69) is 44.3 Å². The van der Waals surface area contributed by atoms with Crippen molar-refractivity contribution in [3.63, 3.8) is 0 Å². The predicted molar refractivity (Wildman–Crippen MR) is 130 cm³/mol. The molecule has 1 aliphatic rings. The lowest BCUT2D eigenvalue weighted by atomic mass is 10.2. The van der Waals surface area contributed by atoms with Crippen LogP contribution < -0.4 is 15.5 Å². The molecule has 2 rings (SSSR count). The topological polar surface area (TPSA) is 95.0 Å². The quantitative estimate of drug-likeness (QED) is 0.203. The second-order valence-electron chi connectivity index (χ2n) is 7.41. The van der Waals surface area contributed by atoms with Crippen molar-refractivity contribution in [1.82, 2.24) is 25.5 Å². The maximum Gasteiger partial charge on any atom is 0.225 e. The summed E-state index contributed by atoms with van der Waals surface area (Å²) in [7, 11) is 1.73. The van der Waals surface area contributed by atoms with E-state index in [-0.39, 0.29) is 29.9 Å². The highest BCUT2D eigenvalue weighted by atomic mass is 127. The largest absolute Gasteiger partial charge is 0.381 e. The number of ether oxygens (including phenoxy) is 1. The molecule has 1 fully saturated rings. The molecule has 10 heteroatoms. The van der Waals surface area contributed by atoms with Gasteiger partial charge in [0.05, 0.1) is 0 Å². The molecule has 0 atom stereocenters. The van der Waals surface area contributed by atoms with Gasteiger partial charge in [0, 0.05) is 78.3 Å². The van der Waals surface area contributed by atoms with Crippen LogP contribution >= 0.6 is 24.0 Å². The number of anilines is 1. The molecule has 0 saturated carbocycles. The number of piperazine rings is 1. The molecule has 0 aromatic carbocycles. The number of carbonyl (C=O) groups excluding carboxylic acids is 1. The smallest absolute Gasteiger partial charge is 0.225 e. The van der Waals surface area contributed by atoms with Crippen LogP contribution in [0.25, 0.3) is 0 Å². The zero-order chi connectivity index (χ0) is 20.9. The molecular formula is C20H36IN7O2. The Morgan fingerprint density at radius 1 is 1.17 bits per heavy atom. The molecule has 1 amide bonds. The van der Waals surface area contributed by atoms with Crippen molar-refractivity contribution in [2.24, 2.45) is 10.9 Å². The summed E-state index contributed by atoms with van der Waals surface area (Å²) in [5.41, 5.74) is 0. The standard InChI is InChI=1S/C20H35N7O2.HI/c1-17(2)16-29-15-5-9-22-19(21-3)23-10-6-18(28)26-11-13-27(14-12-26)20-24-7-4-8-25-20;/h4,7-8,17H,5-6,9-16H2,1-3H3,(H2,21,22,23);1H. The van der Waals surface area contributed by atoms with E-state index in [9.17, 15) is 4.79 Å². The molecular weight excluding hydrogens is 497 g/mol. The van der Waals surface area contributed by atoms with Gasteiger partial charge in [0.15, 0.2) is 5.96 Å². The maximum absolute atomic E-state index is 12.5. The minimum Gasteiger partial charge on any atom is -0.381 e. The van der Waals surface area contributed by atoms with E-state index in [1.54, 1.807) is 25.5 Å². The summed E-state index contributed by atoms with van der Waals surface area (Å²) < 4.78 is 5.56. The zero-order valence-corrected chi connectivity index (χ0v) is 20.7. The number of hydrogen-bond acceptors (Lipinski definition) is 6. The van der Waals surface area contributed by atoms with Gasteiger partial charge in [-0.3, -0.25) is 9.79 Å². The van der Waals surface area contributed by atoms with Crippen LogP contribution in [0.15, 0.2) is 23.5 Å². The van der Waals surface area contributed by atoms with E-state index in [0.717, 1.165) is 45.2 Å². The monoisotopic (exact) mass is 533 g/mol. The Labute approximate surface area is 197 Å². The van der Waals surface area contributed by atoms with Gasteiger partial charge in [0.2, 0.25) is 11.9 Å². The first kappa shape index (κ1) is 26.3. The fourth-order valence-corrected chi connectivity index (χ4v) is 2.98. The van der Waals surface area contributed by atoms with Crippen LogP contribution in [-0.4, -0.2) is 86.3 Å². The van der Waals surface area contributed by atoms with E-state index in [0.29, 0.717) is 37.9 Å². The summed E-state index contributed by atoms with van der Waals surface area (Å²) in [5.74, 6) is 2.16. The average molecular weight is 533 g/mol. The van der Waals surface area contributed by atoms with Crippen molar-refractivity contribution in [3.05, 3.63) is 18.5 Å². The third-order valence-corrected chi connectivity index (χ3v) is 4.53. The number of nitrogens with one attached hydrogen (secondary N) is 2. The van der Waals surface area contributed by atoms with E-state index in [4.69, 9.17) is 4.74 Å². The second-order valence-corrected chi connectivity index (χ2v) is 7.41. The summed E-state index contributed by atoms with van der Waals surface area (Å²) in [5, 5.41) is 6.45. The van der Waals surface area contributed by atoms with E-state index >= 15 is 0 Å². The molecule has 0 bridgehead atoms. The lowest BCUT2D eigenvalue weighted by molar-refractivity contribution is -0.131. The van der Waals surface area contributed by atoms with Crippen LogP contribution in [0.1, 0.15) is 26.7 Å². The minimum absolute atomic E-state index is 0. The maximum atomic E-state index is 12.5. The van der Waals surface area contributed by atoms with Crippen LogP contribution in [0.5, 0.6) is 0 Å². The number of rotatable bonds is 10. The molecule has 0 aliphatic carbocycles. The first-order valence-electron chi connectivity index (χ1n) is 10.4. The number of carbonyl (C=O) groups is 1. The fraction of sp³-hybridized carbons (Fsp3) is 0.700. The Hall–Kier alpha value is -1.69. The summed E-state index contributed by atoms with van der Waals surface area (Å²) in [4.78, 5) is 29.2. The Morgan fingerprint density at radius 3 is 2.47 bits per heavy atom. The molecule has 1 aromatic heterocycles. The number of aromatic nitrogens is 2. The third kappa shape index (κ3) is 9.88. The summed E-state index contributed by atoms with van der Waals surface area (Å²) in [6, 6.07) is 1.81. The van der Waals surface area contributed by atoms with Crippen molar-refractivity contribution in [3.8, 4) is 0 Å². The molecule has 9 nitrogen and oxygen atoms in total. The number of guanidine groups is 1. The molecule has 0 spiro atoms. The van der Waals surface area contributed by atoms with Gasteiger partial charge in [-0.15, -0.1) is 24.0 Å². The van der Waals surface area contributed by atoms with Crippen molar-refractivity contribution in [2.75, 3.05) is 64.4 Å². The Bertz CT molecular complexity index is 623. The normalized spacial score (nSPS) is 14.5. The molecule has 0 radical (unpaired) electrons. The third-order valence-electron chi connectivity index (χ3n) is 4.53. The highest BCUT2D eigenvalue weighted by Crippen LogP contribution is 2.10. The van der Waals surface area contributed by atoms with Gasteiger partial charge < -0.3 is 25.2 Å². The fourth-order valence-electron chi connectivity index (χ4n) is 2.98. The van der Waals surface area contributed by atoms with Gasteiger partial charge in [0.25, 0.3) is 0 Å². The molecule has 1 saturated heterocycles. The van der Waals surface area contributed by atoms with Gasteiger partial charge in [0.1, 0.15) is 0 Å². The lowest BCUT2D eigenvalue weighted by Gasteiger charge is -2.34. The van der Waals surface area contributed by atoms with Crippen molar-refractivity contribution in [1.29, 1.82) is 0 Å². The molecule has 30 heavy (non-hydrogen) atoms. The number of halogens is 1. The van der Waals surface area contributed by atoms with Crippen LogP contribution in [0.2, 0.25) is 0 Å². The minimum atomic E-state index is 0. The second kappa shape index (κ2) is 15.2. The van der Waals surface area contributed by atoms with E-state index in [1.807, 2.05) is 4.90 Å².